The molecule has 0 fully saturated rings. The summed E-state index contributed by atoms with van der Waals surface area (Å²) in [4.78, 5) is 24.8. The highest BCUT2D eigenvalue weighted by Crippen LogP contribution is 2.04. The maximum absolute atomic E-state index is 11.8. The van der Waals surface area contributed by atoms with E-state index in [9.17, 15) is 9.59 Å². The van der Waals surface area contributed by atoms with Crippen LogP contribution in [-0.2, 0) is 14.3 Å². The molecule has 1 atom stereocenters. The van der Waals surface area contributed by atoms with Gasteiger partial charge in [0.15, 0.2) is 0 Å². The summed E-state index contributed by atoms with van der Waals surface area (Å²) in [5.74, 6) is -0.337. The van der Waals surface area contributed by atoms with Gasteiger partial charge in [-0.2, -0.15) is 0 Å². The second-order valence-corrected chi connectivity index (χ2v) is 4.37. The number of nitrogens with zero attached hydrogens (tertiary/aromatic N) is 1. The van der Waals surface area contributed by atoms with Gasteiger partial charge in [0.1, 0.15) is 0 Å². The van der Waals surface area contributed by atoms with Crippen molar-refractivity contribution in [2.75, 3.05) is 40.4 Å². The van der Waals surface area contributed by atoms with Crippen LogP contribution in [0.1, 0.15) is 19.8 Å². The number of carbonyl (C=O) groups excluding carboxylic acids is 2. The standard InChI is InChI=1S/C12H25N3O3/c1-10(5-6-13)12(17)15(2)9-11(16)14-7-4-8-18-3/h10H,4-9,13H2,1-3H3,(H,14,16). The fourth-order valence-corrected chi connectivity index (χ4v) is 1.54. The van der Waals surface area contributed by atoms with E-state index in [1.807, 2.05) is 6.92 Å². The van der Waals surface area contributed by atoms with Gasteiger partial charge in [-0.1, -0.05) is 6.92 Å². The lowest BCUT2D eigenvalue weighted by atomic mass is 10.1. The van der Waals surface area contributed by atoms with Crippen LogP contribution in [0.4, 0.5) is 0 Å². The normalized spacial score (nSPS) is 12.0. The van der Waals surface area contributed by atoms with Gasteiger partial charge in [0.25, 0.3) is 0 Å². The third-order valence-corrected chi connectivity index (χ3v) is 2.63. The van der Waals surface area contributed by atoms with Gasteiger partial charge in [-0.05, 0) is 19.4 Å². The Bertz CT molecular complexity index is 259. The van der Waals surface area contributed by atoms with Crippen LogP contribution in [0.25, 0.3) is 0 Å². The maximum atomic E-state index is 11.8. The minimum atomic E-state index is -0.151. The lowest BCUT2D eigenvalue weighted by Crippen LogP contribution is -2.41. The fraction of sp³-hybridized carbons (Fsp3) is 0.833. The number of methoxy groups -OCH3 is 1. The van der Waals surface area contributed by atoms with Crippen molar-refractivity contribution in [2.24, 2.45) is 11.7 Å². The first-order valence-electron chi connectivity index (χ1n) is 6.23. The lowest BCUT2D eigenvalue weighted by molar-refractivity contribution is -0.137. The van der Waals surface area contributed by atoms with Crippen molar-refractivity contribution < 1.29 is 14.3 Å². The molecular weight excluding hydrogens is 234 g/mol. The molecule has 0 aromatic carbocycles. The van der Waals surface area contributed by atoms with Crippen molar-refractivity contribution in [2.45, 2.75) is 19.8 Å². The highest BCUT2D eigenvalue weighted by molar-refractivity contribution is 5.85. The van der Waals surface area contributed by atoms with Gasteiger partial charge in [0, 0.05) is 33.2 Å². The van der Waals surface area contributed by atoms with Crippen LogP contribution in [-0.4, -0.2) is 57.1 Å². The Morgan fingerprint density at radius 2 is 2.11 bits per heavy atom. The molecular formula is C12H25N3O3. The van der Waals surface area contributed by atoms with Crippen molar-refractivity contribution in [3.8, 4) is 0 Å². The molecule has 6 nitrogen and oxygen atoms in total. The zero-order chi connectivity index (χ0) is 14.0. The van der Waals surface area contributed by atoms with E-state index in [4.69, 9.17) is 10.5 Å². The minimum Gasteiger partial charge on any atom is -0.385 e. The number of amides is 2. The van der Waals surface area contributed by atoms with Crippen molar-refractivity contribution in [1.82, 2.24) is 10.2 Å². The largest absolute Gasteiger partial charge is 0.385 e. The van der Waals surface area contributed by atoms with Crippen molar-refractivity contribution >= 4 is 11.8 Å². The number of hydrogen-bond acceptors (Lipinski definition) is 4. The molecule has 0 saturated carbocycles. The van der Waals surface area contributed by atoms with Crippen LogP contribution in [0.5, 0.6) is 0 Å². The number of likely N-dealkylation sites (N-methyl/N-ethyl adjacent to an activating group) is 1. The molecule has 18 heavy (non-hydrogen) atoms. The first-order chi connectivity index (χ1) is 8.52. The van der Waals surface area contributed by atoms with E-state index >= 15 is 0 Å². The molecule has 0 radical (unpaired) electrons. The Balaban J connectivity index is 3.88. The van der Waals surface area contributed by atoms with Crippen LogP contribution in [0.2, 0.25) is 0 Å². The van der Waals surface area contributed by atoms with Gasteiger partial charge in [0.05, 0.1) is 6.54 Å². The van der Waals surface area contributed by atoms with E-state index in [-0.39, 0.29) is 24.3 Å². The Morgan fingerprint density at radius 1 is 1.44 bits per heavy atom. The molecule has 106 valence electrons. The van der Waals surface area contributed by atoms with Crippen LogP contribution in [0.15, 0.2) is 0 Å². The third kappa shape index (κ3) is 7.24. The van der Waals surface area contributed by atoms with Crippen molar-refractivity contribution in [3.05, 3.63) is 0 Å². The summed E-state index contributed by atoms with van der Waals surface area (Å²) >= 11 is 0. The first kappa shape index (κ1) is 16.9. The zero-order valence-electron chi connectivity index (χ0n) is 11.6. The smallest absolute Gasteiger partial charge is 0.239 e. The summed E-state index contributed by atoms with van der Waals surface area (Å²) in [6, 6.07) is 0. The summed E-state index contributed by atoms with van der Waals surface area (Å²) in [6.45, 7) is 3.56. The van der Waals surface area contributed by atoms with Gasteiger partial charge >= 0.3 is 0 Å². The Labute approximate surface area is 109 Å². The van der Waals surface area contributed by atoms with Crippen LogP contribution in [0.3, 0.4) is 0 Å². The number of ether oxygens (including phenoxy) is 1. The van der Waals surface area contributed by atoms with Gasteiger partial charge in [-0.15, -0.1) is 0 Å². The molecule has 0 aromatic heterocycles. The van der Waals surface area contributed by atoms with Gasteiger partial charge in [-0.3, -0.25) is 9.59 Å². The Hall–Kier alpha value is -1.14. The topological polar surface area (TPSA) is 84.7 Å². The molecule has 6 heteroatoms. The van der Waals surface area contributed by atoms with Crippen LogP contribution in [0, 0.1) is 5.92 Å². The molecule has 0 aliphatic heterocycles. The van der Waals surface area contributed by atoms with Crippen molar-refractivity contribution in [1.29, 1.82) is 0 Å². The molecule has 0 heterocycles. The summed E-state index contributed by atoms with van der Waals surface area (Å²) in [5, 5.41) is 2.74. The highest BCUT2D eigenvalue weighted by Gasteiger charge is 2.18. The zero-order valence-corrected chi connectivity index (χ0v) is 11.6. The number of carbonyl (C=O) groups is 2. The van der Waals surface area contributed by atoms with E-state index in [0.29, 0.717) is 26.1 Å². The Kier molecular flexibility index (Phi) is 9.22. The number of nitrogens with one attached hydrogen (secondary N) is 1. The predicted molar refractivity (Wildman–Crippen MR) is 70.0 cm³/mol. The first-order valence-corrected chi connectivity index (χ1v) is 6.23. The number of hydrogen-bond donors (Lipinski definition) is 2. The molecule has 0 saturated heterocycles. The number of rotatable bonds is 9. The maximum Gasteiger partial charge on any atom is 0.239 e. The average Bonchev–Trinajstić information content (AvgIpc) is 2.34. The summed E-state index contributed by atoms with van der Waals surface area (Å²) in [7, 11) is 3.25. The summed E-state index contributed by atoms with van der Waals surface area (Å²) < 4.78 is 4.87. The molecule has 3 N–H and O–H groups in total. The molecule has 0 aliphatic carbocycles. The number of nitrogens with two attached hydrogens (primary N) is 1. The van der Waals surface area contributed by atoms with Crippen LogP contribution >= 0.6 is 0 Å². The van der Waals surface area contributed by atoms with Gasteiger partial charge in [0.2, 0.25) is 11.8 Å². The monoisotopic (exact) mass is 259 g/mol. The minimum absolute atomic E-state index is 0.0486. The van der Waals surface area contributed by atoms with E-state index in [0.717, 1.165) is 6.42 Å². The molecule has 2 amide bonds. The van der Waals surface area contributed by atoms with Gasteiger partial charge < -0.3 is 20.7 Å². The fourth-order valence-electron chi connectivity index (χ4n) is 1.54. The van der Waals surface area contributed by atoms with Crippen molar-refractivity contribution in [3.63, 3.8) is 0 Å². The van der Waals surface area contributed by atoms with E-state index in [1.165, 1.54) is 4.90 Å². The second-order valence-electron chi connectivity index (χ2n) is 4.37. The molecule has 1 unspecified atom stereocenters. The molecule has 0 aromatic rings. The van der Waals surface area contributed by atoms with E-state index < -0.39 is 0 Å². The molecule has 0 rings (SSSR count). The SMILES string of the molecule is COCCCNC(=O)CN(C)C(=O)C(C)CCN. The molecule has 0 aliphatic rings. The molecule has 0 spiro atoms. The molecule has 0 bridgehead atoms. The third-order valence-electron chi connectivity index (χ3n) is 2.63. The summed E-state index contributed by atoms with van der Waals surface area (Å²) in [5.41, 5.74) is 5.40. The quantitative estimate of drug-likeness (QED) is 0.551. The summed E-state index contributed by atoms with van der Waals surface area (Å²) in [6.07, 6.45) is 1.40. The highest BCUT2D eigenvalue weighted by atomic mass is 16.5. The van der Waals surface area contributed by atoms with Crippen LogP contribution < -0.4 is 11.1 Å². The van der Waals surface area contributed by atoms with E-state index in [1.54, 1.807) is 14.2 Å². The van der Waals surface area contributed by atoms with Gasteiger partial charge in [-0.25, -0.2) is 0 Å². The van der Waals surface area contributed by atoms with E-state index in [2.05, 4.69) is 5.32 Å². The second kappa shape index (κ2) is 9.85. The average molecular weight is 259 g/mol. The lowest BCUT2D eigenvalue weighted by Gasteiger charge is -2.20. The predicted octanol–water partition coefficient (Wildman–Crippen LogP) is -0.418. The Morgan fingerprint density at radius 3 is 2.67 bits per heavy atom.